The lowest BCUT2D eigenvalue weighted by Crippen LogP contribution is -2.51. The van der Waals surface area contributed by atoms with Crippen molar-refractivity contribution in [2.75, 3.05) is 6.61 Å². The van der Waals surface area contributed by atoms with Crippen LogP contribution in [0.25, 0.3) is 6.08 Å². The maximum Gasteiger partial charge on any atom is 0.508 e. The van der Waals surface area contributed by atoms with Gasteiger partial charge in [-0.05, 0) is 87.4 Å². The van der Waals surface area contributed by atoms with E-state index in [2.05, 4.69) is 71.0 Å². The molecule has 5 atom stereocenters. The number of carbonyl (C=O) groups is 3. The molecule has 0 saturated carbocycles. The summed E-state index contributed by atoms with van der Waals surface area (Å²) in [5.74, 6) is -2.54. The number of allylic oxidation sites excluding steroid dienone is 3. The first kappa shape index (κ1) is 53.5. The number of ketones is 1. The Kier molecular flexibility index (Phi) is 23.2. The number of Topliss-reactive ketones (excluding diaryl/α,β-unsaturated/α-hetero) is 1. The van der Waals surface area contributed by atoms with Crippen molar-refractivity contribution in [2.45, 2.75) is 168 Å². The predicted octanol–water partition coefficient (Wildman–Crippen LogP) is 13.2. The van der Waals surface area contributed by atoms with Crippen LogP contribution in [0.3, 0.4) is 0 Å². The molecule has 0 aromatic carbocycles. The van der Waals surface area contributed by atoms with Gasteiger partial charge >= 0.3 is 12.1 Å². The second kappa shape index (κ2) is 24.7. The van der Waals surface area contributed by atoms with Crippen molar-refractivity contribution in [3.05, 3.63) is 45.5 Å². The van der Waals surface area contributed by atoms with Crippen molar-refractivity contribution in [1.82, 2.24) is 4.98 Å². The van der Waals surface area contributed by atoms with E-state index in [0.29, 0.717) is 12.8 Å². The minimum absolute atomic E-state index is 0.0822. The van der Waals surface area contributed by atoms with E-state index >= 15 is 0 Å². The molecule has 57 heavy (non-hydrogen) atoms. The molecule has 0 spiro atoms. The minimum atomic E-state index is -2.31. The summed E-state index contributed by atoms with van der Waals surface area (Å²) in [5, 5.41) is 13.0. The van der Waals surface area contributed by atoms with Gasteiger partial charge in [0.1, 0.15) is 18.5 Å². The number of thiazole rings is 1. The molecule has 0 radical (unpaired) electrons. The normalized spacial score (nSPS) is 16.3. The van der Waals surface area contributed by atoms with Crippen LogP contribution in [0.2, 0.25) is 36.3 Å². The highest BCUT2D eigenvalue weighted by Crippen LogP contribution is 2.38. The maximum absolute atomic E-state index is 14.5. The standard InChI is InChI=1S/C42H70Cl3NO8SSi2/c1-14-56(15-2,16-3)53-35(31(9)25-34-27-55-33(11)46-34)24-23-29(7)21-20-22-30(8)38(52-40(50)51-28-42(43,44)45)32(10)39(49)41(12,13)36(26-37(47)48)54-57(17-4,18-5)19-6/h20-21,23,25,27,30,32,35-36,38H,14-19,22,24,26,28H2,1-13H3,(H,47,48)/b21-20+,29-23-,31-25+/t30-,32+,35-,36-,38-/m0/s1. The van der Waals surface area contributed by atoms with Gasteiger partial charge in [-0.25, -0.2) is 9.78 Å². The number of hydrogen-bond acceptors (Lipinski definition) is 9. The van der Waals surface area contributed by atoms with Gasteiger partial charge in [-0.1, -0.05) is 128 Å². The van der Waals surface area contributed by atoms with Crippen molar-refractivity contribution in [1.29, 1.82) is 0 Å². The molecule has 9 nitrogen and oxygen atoms in total. The first-order chi connectivity index (χ1) is 26.5. The van der Waals surface area contributed by atoms with Crippen LogP contribution in [-0.4, -0.2) is 73.3 Å². The first-order valence-corrected chi connectivity index (χ1v) is 27.5. The van der Waals surface area contributed by atoms with Gasteiger partial charge in [0.05, 0.1) is 35.2 Å². The molecule has 0 aliphatic heterocycles. The highest BCUT2D eigenvalue weighted by Gasteiger charge is 2.47. The van der Waals surface area contributed by atoms with Crippen LogP contribution in [0.4, 0.5) is 4.79 Å². The van der Waals surface area contributed by atoms with Crippen molar-refractivity contribution >= 4 is 86.8 Å². The number of halogens is 3. The Morgan fingerprint density at radius 3 is 1.93 bits per heavy atom. The highest BCUT2D eigenvalue weighted by atomic mass is 35.6. The van der Waals surface area contributed by atoms with Crippen LogP contribution in [0.1, 0.15) is 113 Å². The minimum Gasteiger partial charge on any atom is -0.481 e. The molecule has 0 aliphatic carbocycles. The molecule has 0 aliphatic rings. The zero-order valence-corrected chi connectivity index (χ0v) is 41.7. The fraction of sp³-hybridized carbons (Fsp3) is 0.714. The average molecular weight is 912 g/mol. The third kappa shape index (κ3) is 17.5. The van der Waals surface area contributed by atoms with Gasteiger partial charge in [-0.2, -0.15) is 0 Å². The molecule has 0 unspecified atom stereocenters. The van der Waals surface area contributed by atoms with Gasteiger partial charge in [-0.15, -0.1) is 11.3 Å². The molecule has 1 N–H and O–H groups in total. The molecule has 0 saturated heterocycles. The number of aliphatic carboxylic acids is 1. The quantitative estimate of drug-likeness (QED) is 0.0419. The largest absolute Gasteiger partial charge is 0.508 e. The summed E-state index contributed by atoms with van der Waals surface area (Å²) >= 11 is 19.1. The maximum atomic E-state index is 14.5. The molecular formula is C42H70Cl3NO8SSi2. The molecule has 1 aromatic heterocycles. The lowest BCUT2D eigenvalue weighted by Gasteiger charge is -2.42. The van der Waals surface area contributed by atoms with Gasteiger partial charge in [0.25, 0.3) is 0 Å². The van der Waals surface area contributed by atoms with Crippen LogP contribution in [0, 0.1) is 24.2 Å². The van der Waals surface area contributed by atoms with Crippen molar-refractivity contribution in [3.8, 4) is 0 Å². The van der Waals surface area contributed by atoms with Gasteiger partial charge in [-0.3, -0.25) is 9.59 Å². The zero-order chi connectivity index (χ0) is 43.8. The number of rotatable bonds is 26. The smallest absolute Gasteiger partial charge is 0.481 e. The van der Waals surface area contributed by atoms with Crippen LogP contribution in [0.5, 0.6) is 0 Å². The summed E-state index contributed by atoms with van der Waals surface area (Å²) in [5.41, 5.74) is 1.91. The van der Waals surface area contributed by atoms with Crippen molar-refractivity contribution < 1.29 is 37.8 Å². The second-order valence-electron chi connectivity index (χ2n) is 15.9. The number of hydrogen-bond donors (Lipinski definition) is 1. The lowest BCUT2D eigenvalue weighted by atomic mass is 9.73. The number of carboxylic acid groups (broad SMARTS) is 1. The van der Waals surface area contributed by atoms with Crippen molar-refractivity contribution in [2.24, 2.45) is 17.3 Å². The van der Waals surface area contributed by atoms with E-state index in [9.17, 15) is 19.5 Å². The summed E-state index contributed by atoms with van der Waals surface area (Å²) in [4.78, 5) is 44.1. The Bertz CT molecular complexity index is 1500. The third-order valence-electron chi connectivity index (χ3n) is 11.6. The molecule has 1 rings (SSSR count). The SMILES string of the molecule is CC[Si](CC)(CC)O[C@@H](C/C=C(C)\C=C\C[C@H](C)[C@H](OC(=O)OCC(Cl)(Cl)Cl)[C@@H](C)C(=O)C(C)(C)[C@H](CC(=O)O)O[Si](CC)(CC)CC)/C(C)=C/c1csc(C)n1. The van der Waals surface area contributed by atoms with E-state index < -0.39 is 62.7 Å². The predicted molar refractivity (Wildman–Crippen MR) is 243 cm³/mol. The van der Waals surface area contributed by atoms with Crippen LogP contribution in [0.15, 0.2) is 34.8 Å². The second-order valence-corrected chi connectivity index (χ2v) is 28.9. The summed E-state index contributed by atoms with van der Waals surface area (Å²) < 4.78 is 22.8. The summed E-state index contributed by atoms with van der Waals surface area (Å²) in [6, 6.07) is 5.53. The Morgan fingerprint density at radius 2 is 1.46 bits per heavy atom. The zero-order valence-electron chi connectivity index (χ0n) is 36.6. The Labute approximate surface area is 364 Å². The number of nitrogens with zero attached hydrogens (tertiary/aromatic N) is 1. The third-order valence-corrected chi connectivity index (χ3v) is 22.0. The molecule has 326 valence electrons. The Hall–Kier alpha value is -1.52. The molecule has 0 bridgehead atoms. The van der Waals surface area contributed by atoms with Crippen LogP contribution < -0.4 is 0 Å². The van der Waals surface area contributed by atoms with E-state index in [0.717, 1.165) is 58.1 Å². The number of aryl methyl sites for hydroxylation is 1. The van der Waals surface area contributed by atoms with E-state index in [1.807, 2.05) is 32.9 Å². The van der Waals surface area contributed by atoms with E-state index in [1.54, 1.807) is 32.1 Å². The number of aromatic nitrogens is 1. The summed E-state index contributed by atoms with van der Waals surface area (Å²) in [6.07, 6.45) is 6.20. The first-order valence-electron chi connectivity index (χ1n) is 20.4. The van der Waals surface area contributed by atoms with Crippen molar-refractivity contribution in [3.63, 3.8) is 0 Å². The topological polar surface area (TPSA) is 121 Å². The van der Waals surface area contributed by atoms with Gasteiger partial charge in [0, 0.05) is 10.8 Å². The highest BCUT2D eigenvalue weighted by molar-refractivity contribution is 7.09. The van der Waals surface area contributed by atoms with Gasteiger partial charge in [0.2, 0.25) is 3.79 Å². The van der Waals surface area contributed by atoms with E-state index in [-0.39, 0.29) is 24.2 Å². The van der Waals surface area contributed by atoms with E-state index in [1.165, 1.54) is 0 Å². The fourth-order valence-electron chi connectivity index (χ4n) is 7.16. The fourth-order valence-corrected chi connectivity index (χ4v) is 13.8. The summed E-state index contributed by atoms with van der Waals surface area (Å²) in [7, 11) is -4.23. The Balaban J connectivity index is 3.43. The molecular weight excluding hydrogens is 841 g/mol. The summed E-state index contributed by atoms with van der Waals surface area (Å²) in [6.45, 7) is 25.5. The van der Waals surface area contributed by atoms with E-state index in [4.69, 9.17) is 53.1 Å². The van der Waals surface area contributed by atoms with Gasteiger partial charge in [0.15, 0.2) is 16.6 Å². The number of ether oxygens (including phenoxy) is 2. The monoisotopic (exact) mass is 909 g/mol. The Morgan fingerprint density at radius 1 is 0.912 bits per heavy atom. The molecule has 1 heterocycles. The molecule has 0 fully saturated rings. The molecule has 15 heteroatoms. The van der Waals surface area contributed by atoms with Crippen LogP contribution >= 0.6 is 46.1 Å². The van der Waals surface area contributed by atoms with Gasteiger partial charge < -0.3 is 23.4 Å². The number of alkyl halides is 3. The molecule has 0 amide bonds. The number of carbonyl (C=O) groups excluding carboxylic acids is 2. The lowest BCUT2D eigenvalue weighted by molar-refractivity contribution is -0.146. The number of carboxylic acids is 1. The molecule has 1 aromatic rings. The van der Waals surface area contributed by atoms with Crippen LogP contribution in [-0.2, 0) is 27.9 Å². The average Bonchev–Trinajstić information content (AvgIpc) is 3.57.